The zero-order valence-corrected chi connectivity index (χ0v) is 9.30. The van der Waals surface area contributed by atoms with E-state index in [0.29, 0.717) is 0 Å². The minimum absolute atomic E-state index is 0.969. The molecule has 0 aliphatic rings. The predicted molar refractivity (Wildman–Crippen MR) is 72.0 cm³/mol. The molecule has 0 bridgehead atoms. The first-order chi connectivity index (χ1) is 8.43. The fraction of sp³-hybridized carbons (Fsp3) is 0. The number of nitrogens with zero attached hydrogens (tertiary/aromatic N) is 1. The SMILES string of the molecule is C(=N\c1ccccc1)/c1cccc2cc[nH]c12. The van der Waals surface area contributed by atoms with Gasteiger partial charge in [-0.15, -0.1) is 0 Å². The molecule has 2 heteroatoms. The van der Waals surface area contributed by atoms with E-state index in [-0.39, 0.29) is 0 Å². The lowest BCUT2D eigenvalue weighted by atomic mass is 10.1. The van der Waals surface area contributed by atoms with Crippen LogP contribution in [0.3, 0.4) is 0 Å². The summed E-state index contributed by atoms with van der Waals surface area (Å²) in [6.45, 7) is 0. The first kappa shape index (κ1) is 9.85. The van der Waals surface area contributed by atoms with Crippen LogP contribution in [0.15, 0.2) is 65.8 Å². The summed E-state index contributed by atoms with van der Waals surface area (Å²) in [5, 5.41) is 1.21. The van der Waals surface area contributed by atoms with Gasteiger partial charge in [0.05, 0.1) is 11.2 Å². The number of hydrogen-bond acceptors (Lipinski definition) is 1. The number of benzene rings is 2. The molecule has 0 atom stereocenters. The molecule has 2 aromatic carbocycles. The Balaban J connectivity index is 2.00. The van der Waals surface area contributed by atoms with Gasteiger partial charge in [0.1, 0.15) is 0 Å². The molecule has 0 spiro atoms. The van der Waals surface area contributed by atoms with E-state index >= 15 is 0 Å². The number of rotatable bonds is 2. The van der Waals surface area contributed by atoms with Gasteiger partial charge in [-0.05, 0) is 18.2 Å². The molecule has 0 amide bonds. The van der Waals surface area contributed by atoms with Crippen LogP contribution in [-0.4, -0.2) is 11.2 Å². The predicted octanol–water partition coefficient (Wildman–Crippen LogP) is 3.92. The summed E-state index contributed by atoms with van der Waals surface area (Å²) in [4.78, 5) is 7.69. The third kappa shape index (κ3) is 1.97. The number of fused-ring (bicyclic) bond motifs is 1. The Morgan fingerprint density at radius 3 is 2.65 bits per heavy atom. The summed E-state index contributed by atoms with van der Waals surface area (Å²) in [5.41, 5.74) is 3.21. The first-order valence-electron chi connectivity index (χ1n) is 5.59. The third-order valence-corrected chi connectivity index (χ3v) is 2.73. The average Bonchev–Trinajstić information content (AvgIpc) is 2.86. The van der Waals surface area contributed by atoms with Gasteiger partial charge in [-0.1, -0.05) is 36.4 Å². The molecule has 0 radical (unpaired) electrons. The van der Waals surface area contributed by atoms with Crippen molar-refractivity contribution in [1.82, 2.24) is 4.98 Å². The highest BCUT2D eigenvalue weighted by Crippen LogP contribution is 2.16. The fourth-order valence-electron chi connectivity index (χ4n) is 1.87. The number of nitrogens with one attached hydrogen (secondary N) is 1. The van der Waals surface area contributed by atoms with Gasteiger partial charge in [-0.25, -0.2) is 0 Å². The highest BCUT2D eigenvalue weighted by molar-refractivity contribution is 5.98. The number of H-pyrrole nitrogens is 1. The van der Waals surface area contributed by atoms with E-state index in [9.17, 15) is 0 Å². The largest absolute Gasteiger partial charge is 0.361 e. The van der Waals surface area contributed by atoms with Crippen LogP contribution in [0.1, 0.15) is 5.56 Å². The Kier molecular flexibility index (Phi) is 2.47. The Morgan fingerprint density at radius 2 is 1.76 bits per heavy atom. The highest BCUT2D eigenvalue weighted by atomic mass is 14.7. The zero-order chi connectivity index (χ0) is 11.5. The standard InChI is InChI=1S/C15H12N2/c1-2-7-14(8-3-1)17-11-13-6-4-5-12-9-10-16-15(12)13/h1-11,16H/b17-11+. The Bertz CT molecular complexity index is 651. The van der Waals surface area contributed by atoms with Crippen LogP contribution < -0.4 is 0 Å². The van der Waals surface area contributed by atoms with Gasteiger partial charge < -0.3 is 4.98 Å². The normalized spacial score (nSPS) is 11.3. The van der Waals surface area contributed by atoms with Crippen molar-refractivity contribution in [1.29, 1.82) is 0 Å². The van der Waals surface area contributed by atoms with Crippen molar-refractivity contribution in [2.75, 3.05) is 0 Å². The van der Waals surface area contributed by atoms with E-state index in [0.717, 1.165) is 16.8 Å². The maximum Gasteiger partial charge on any atom is 0.0629 e. The van der Waals surface area contributed by atoms with Gasteiger partial charge in [-0.2, -0.15) is 0 Å². The number of aliphatic imine (C=N–C) groups is 1. The molecule has 0 fully saturated rings. The van der Waals surface area contributed by atoms with Crippen LogP contribution in [0.4, 0.5) is 5.69 Å². The maximum atomic E-state index is 4.46. The summed E-state index contributed by atoms with van der Waals surface area (Å²) < 4.78 is 0. The van der Waals surface area contributed by atoms with Crippen molar-refractivity contribution in [2.45, 2.75) is 0 Å². The monoisotopic (exact) mass is 220 g/mol. The van der Waals surface area contributed by atoms with Gasteiger partial charge in [0.15, 0.2) is 0 Å². The maximum absolute atomic E-state index is 4.46. The second kappa shape index (κ2) is 4.26. The molecule has 2 nitrogen and oxygen atoms in total. The molecule has 0 unspecified atom stereocenters. The van der Waals surface area contributed by atoms with E-state index in [1.807, 2.05) is 48.8 Å². The van der Waals surface area contributed by atoms with Crippen LogP contribution in [0, 0.1) is 0 Å². The van der Waals surface area contributed by atoms with Crippen LogP contribution in [-0.2, 0) is 0 Å². The topological polar surface area (TPSA) is 28.1 Å². The van der Waals surface area contributed by atoms with Crippen LogP contribution in [0.5, 0.6) is 0 Å². The molecule has 0 saturated carbocycles. The molecule has 0 aliphatic heterocycles. The van der Waals surface area contributed by atoms with Crippen LogP contribution >= 0.6 is 0 Å². The molecule has 0 saturated heterocycles. The molecule has 82 valence electrons. The smallest absolute Gasteiger partial charge is 0.0629 e. The van der Waals surface area contributed by atoms with Crippen molar-refractivity contribution < 1.29 is 0 Å². The summed E-state index contributed by atoms with van der Waals surface area (Å²) in [6.07, 6.45) is 3.85. The molecular weight excluding hydrogens is 208 g/mol. The lowest BCUT2D eigenvalue weighted by Crippen LogP contribution is -1.82. The van der Waals surface area contributed by atoms with Crippen molar-refractivity contribution in [3.05, 3.63) is 66.4 Å². The third-order valence-electron chi connectivity index (χ3n) is 2.73. The number of hydrogen-bond donors (Lipinski definition) is 1. The van der Waals surface area contributed by atoms with Gasteiger partial charge in [0.2, 0.25) is 0 Å². The Labute approximate surface area is 99.6 Å². The zero-order valence-electron chi connectivity index (χ0n) is 9.30. The van der Waals surface area contributed by atoms with Gasteiger partial charge in [0.25, 0.3) is 0 Å². The molecule has 1 heterocycles. The summed E-state index contributed by atoms with van der Waals surface area (Å²) in [6, 6.07) is 18.2. The minimum atomic E-state index is 0.969. The summed E-state index contributed by atoms with van der Waals surface area (Å²) in [5.74, 6) is 0. The molecule has 3 aromatic rings. The minimum Gasteiger partial charge on any atom is -0.361 e. The van der Waals surface area contributed by atoms with E-state index in [4.69, 9.17) is 0 Å². The number of para-hydroxylation sites is 2. The summed E-state index contributed by atoms with van der Waals surface area (Å²) >= 11 is 0. The number of aromatic nitrogens is 1. The average molecular weight is 220 g/mol. The lowest BCUT2D eigenvalue weighted by Gasteiger charge is -1.96. The molecule has 17 heavy (non-hydrogen) atoms. The highest BCUT2D eigenvalue weighted by Gasteiger charge is 1.98. The molecule has 3 rings (SSSR count). The van der Waals surface area contributed by atoms with Crippen molar-refractivity contribution in [2.24, 2.45) is 4.99 Å². The lowest BCUT2D eigenvalue weighted by molar-refractivity contribution is 1.46. The fourth-order valence-corrected chi connectivity index (χ4v) is 1.87. The molecular formula is C15H12N2. The molecule has 1 N–H and O–H groups in total. The quantitative estimate of drug-likeness (QED) is 0.634. The summed E-state index contributed by atoms with van der Waals surface area (Å²) in [7, 11) is 0. The van der Waals surface area contributed by atoms with Gasteiger partial charge in [0, 0.05) is 23.4 Å². The van der Waals surface area contributed by atoms with Crippen LogP contribution in [0.25, 0.3) is 10.9 Å². The van der Waals surface area contributed by atoms with Crippen LogP contribution in [0.2, 0.25) is 0 Å². The van der Waals surface area contributed by atoms with E-state index < -0.39 is 0 Å². The van der Waals surface area contributed by atoms with Crippen molar-refractivity contribution >= 4 is 22.8 Å². The molecule has 0 aliphatic carbocycles. The molecule has 1 aromatic heterocycles. The van der Waals surface area contributed by atoms with Crippen molar-refractivity contribution in [3.63, 3.8) is 0 Å². The second-order valence-corrected chi connectivity index (χ2v) is 3.88. The first-order valence-corrected chi connectivity index (χ1v) is 5.59. The van der Waals surface area contributed by atoms with E-state index in [1.165, 1.54) is 5.39 Å². The van der Waals surface area contributed by atoms with Gasteiger partial charge in [-0.3, -0.25) is 4.99 Å². The second-order valence-electron chi connectivity index (χ2n) is 3.88. The van der Waals surface area contributed by atoms with E-state index in [2.05, 4.69) is 28.2 Å². The van der Waals surface area contributed by atoms with Gasteiger partial charge >= 0.3 is 0 Å². The van der Waals surface area contributed by atoms with Crippen molar-refractivity contribution in [3.8, 4) is 0 Å². The Hall–Kier alpha value is -2.35. The van der Waals surface area contributed by atoms with E-state index in [1.54, 1.807) is 0 Å². The Morgan fingerprint density at radius 1 is 0.882 bits per heavy atom. The number of aromatic amines is 1.